The lowest BCUT2D eigenvalue weighted by Crippen LogP contribution is -2.43. The summed E-state index contributed by atoms with van der Waals surface area (Å²) in [6.45, 7) is 5.84. The maximum absolute atomic E-state index is 5.57. The molecule has 2 aliphatic rings. The topological polar surface area (TPSA) is 63.4 Å². The summed E-state index contributed by atoms with van der Waals surface area (Å²) in [5.41, 5.74) is 0. The third-order valence-corrected chi connectivity index (χ3v) is 3.51. The van der Waals surface area contributed by atoms with Crippen molar-refractivity contribution < 1.29 is 9.26 Å². The highest BCUT2D eigenvalue weighted by Gasteiger charge is 2.20. The van der Waals surface area contributed by atoms with Crippen LogP contribution in [0.1, 0.15) is 24.6 Å². The fraction of sp³-hybridized carbons (Fsp3) is 0.833. The molecular formula is C12H20N4O2. The minimum absolute atomic E-state index is 0.275. The molecule has 1 N–H and O–H groups in total. The van der Waals surface area contributed by atoms with Gasteiger partial charge in [-0.3, -0.25) is 4.90 Å². The van der Waals surface area contributed by atoms with Crippen molar-refractivity contribution in [2.75, 3.05) is 32.8 Å². The molecule has 1 aromatic heterocycles. The highest BCUT2D eigenvalue weighted by Crippen LogP contribution is 2.16. The zero-order valence-corrected chi connectivity index (χ0v) is 10.6. The van der Waals surface area contributed by atoms with Crippen molar-refractivity contribution in [2.45, 2.75) is 31.9 Å². The second-order valence-electron chi connectivity index (χ2n) is 4.97. The largest absolute Gasteiger partial charge is 0.378 e. The van der Waals surface area contributed by atoms with Crippen molar-refractivity contribution in [1.29, 1.82) is 0 Å². The van der Waals surface area contributed by atoms with E-state index in [2.05, 4.69) is 20.4 Å². The molecule has 6 nitrogen and oxygen atoms in total. The van der Waals surface area contributed by atoms with Crippen molar-refractivity contribution in [3.05, 3.63) is 11.7 Å². The predicted octanol–water partition coefficient (Wildman–Crippen LogP) is 0.196. The van der Waals surface area contributed by atoms with Crippen molar-refractivity contribution in [2.24, 2.45) is 0 Å². The smallest absolute Gasteiger partial charge is 0.229 e. The molecule has 0 spiro atoms. The van der Waals surface area contributed by atoms with Gasteiger partial charge >= 0.3 is 0 Å². The van der Waals surface area contributed by atoms with Crippen LogP contribution in [0.2, 0.25) is 0 Å². The molecule has 0 radical (unpaired) electrons. The number of piperazine rings is 1. The van der Waals surface area contributed by atoms with Gasteiger partial charge in [-0.15, -0.1) is 0 Å². The normalized spacial score (nSPS) is 25.7. The summed E-state index contributed by atoms with van der Waals surface area (Å²) in [6, 6.07) is 0. The summed E-state index contributed by atoms with van der Waals surface area (Å²) in [5.74, 6) is 1.51. The third kappa shape index (κ3) is 3.07. The Balaban J connectivity index is 1.52. The quantitative estimate of drug-likeness (QED) is 0.825. The van der Waals surface area contributed by atoms with Crippen molar-refractivity contribution >= 4 is 0 Å². The second-order valence-corrected chi connectivity index (χ2v) is 4.97. The summed E-state index contributed by atoms with van der Waals surface area (Å²) < 4.78 is 10.9. The molecule has 0 aliphatic carbocycles. The number of hydrogen-bond donors (Lipinski definition) is 1. The van der Waals surface area contributed by atoms with Gasteiger partial charge in [0.05, 0.1) is 19.1 Å². The van der Waals surface area contributed by atoms with Crippen LogP contribution in [0.25, 0.3) is 0 Å². The molecule has 0 saturated carbocycles. The van der Waals surface area contributed by atoms with Gasteiger partial charge in [0, 0.05) is 32.8 Å². The van der Waals surface area contributed by atoms with Crippen molar-refractivity contribution in [1.82, 2.24) is 20.4 Å². The molecule has 2 saturated heterocycles. The lowest BCUT2D eigenvalue weighted by Gasteiger charge is -2.25. The Bertz CT molecular complexity index is 370. The third-order valence-electron chi connectivity index (χ3n) is 3.51. The molecule has 0 aromatic carbocycles. The number of ether oxygens (including phenoxy) is 1. The molecule has 100 valence electrons. The van der Waals surface area contributed by atoms with Crippen LogP contribution in [0, 0.1) is 0 Å². The van der Waals surface area contributed by atoms with Crippen molar-refractivity contribution in [3.8, 4) is 0 Å². The van der Waals surface area contributed by atoms with E-state index in [0.29, 0.717) is 5.89 Å². The lowest BCUT2D eigenvalue weighted by atomic mass is 10.2. The molecule has 3 rings (SSSR count). The molecule has 1 atom stereocenters. The highest BCUT2D eigenvalue weighted by molar-refractivity contribution is 4.90. The highest BCUT2D eigenvalue weighted by atomic mass is 16.5. The van der Waals surface area contributed by atoms with Crippen LogP contribution in [0.3, 0.4) is 0 Å². The summed E-state index contributed by atoms with van der Waals surface area (Å²) >= 11 is 0. The molecule has 6 heteroatoms. The molecule has 0 amide bonds. The van der Waals surface area contributed by atoms with Gasteiger partial charge in [-0.2, -0.15) is 4.98 Å². The van der Waals surface area contributed by atoms with Crippen LogP contribution in [0.5, 0.6) is 0 Å². The van der Waals surface area contributed by atoms with Crippen LogP contribution < -0.4 is 5.32 Å². The lowest BCUT2D eigenvalue weighted by molar-refractivity contribution is 0.104. The molecule has 2 aliphatic heterocycles. The van der Waals surface area contributed by atoms with Gasteiger partial charge in [-0.1, -0.05) is 5.16 Å². The number of aromatic nitrogens is 2. The van der Waals surface area contributed by atoms with E-state index >= 15 is 0 Å². The first kappa shape index (κ1) is 12.1. The van der Waals surface area contributed by atoms with E-state index in [-0.39, 0.29) is 6.10 Å². The van der Waals surface area contributed by atoms with Gasteiger partial charge < -0.3 is 14.6 Å². The summed E-state index contributed by atoms with van der Waals surface area (Å²) in [6.07, 6.45) is 3.29. The minimum atomic E-state index is 0.275. The first-order chi connectivity index (χ1) is 8.90. The Hall–Kier alpha value is -0.980. The van der Waals surface area contributed by atoms with E-state index in [4.69, 9.17) is 9.26 Å². The standard InChI is InChI=1S/C12H20N4O2/c1-2-10(17-7-1)8-12-14-11(15-18-12)9-16-5-3-13-4-6-16/h10,13H,1-9H2. The molecule has 3 heterocycles. The van der Waals surface area contributed by atoms with Crippen LogP contribution in [-0.2, 0) is 17.7 Å². The number of nitrogens with one attached hydrogen (secondary N) is 1. The number of rotatable bonds is 4. The summed E-state index contributed by atoms with van der Waals surface area (Å²) in [4.78, 5) is 6.79. The van der Waals surface area contributed by atoms with E-state index < -0.39 is 0 Å². The molecule has 0 bridgehead atoms. The van der Waals surface area contributed by atoms with Crippen LogP contribution in [0.4, 0.5) is 0 Å². The van der Waals surface area contributed by atoms with E-state index in [9.17, 15) is 0 Å². The van der Waals surface area contributed by atoms with Gasteiger partial charge in [0.2, 0.25) is 5.89 Å². The SMILES string of the molecule is C1COC(Cc2nc(CN3CCNCC3)no2)C1. The van der Waals surface area contributed by atoms with Crippen molar-refractivity contribution in [3.63, 3.8) is 0 Å². The molecule has 18 heavy (non-hydrogen) atoms. The zero-order valence-electron chi connectivity index (χ0n) is 10.6. The monoisotopic (exact) mass is 252 g/mol. The number of hydrogen-bond acceptors (Lipinski definition) is 6. The zero-order chi connectivity index (χ0) is 12.2. The first-order valence-electron chi connectivity index (χ1n) is 6.76. The van der Waals surface area contributed by atoms with Crippen LogP contribution in [0.15, 0.2) is 4.52 Å². The van der Waals surface area contributed by atoms with E-state index in [1.807, 2.05) is 0 Å². The Morgan fingerprint density at radius 1 is 1.33 bits per heavy atom. The summed E-state index contributed by atoms with van der Waals surface area (Å²) in [7, 11) is 0. The molecular weight excluding hydrogens is 232 g/mol. The predicted molar refractivity (Wildman–Crippen MR) is 65.1 cm³/mol. The van der Waals surface area contributed by atoms with E-state index in [1.165, 1.54) is 0 Å². The number of nitrogens with zero attached hydrogens (tertiary/aromatic N) is 3. The molecule has 2 fully saturated rings. The van der Waals surface area contributed by atoms with Gasteiger partial charge in [0.1, 0.15) is 0 Å². The molecule has 1 aromatic rings. The fourth-order valence-corrected chi connectivity index (χ4v) is 2.51. The van der Waals surface area contributed by atoms with Crippen LogP contribution >= 0.6 is 0 Å². The van der Waals surface area contributed by atoms with Gasteiger partial charge in [-0.25, -0.2) is 0 Å². The van der Waals surface area contributed by atoms with E-state index in [0.717, 1.165) is 64.4 Å². The Morgan fingerprint density at radius 2 is 2.22 bits per heavy atom. The fourth-order valence-electron chi connectivity index (χ4n) is 2.51. The minimum Gasteiger partial charge on any atom is -0.378 e. The Kier molecular flexibility index (Phi) is 3.87. The van der Waals surface area contributed by atoms with E-state index in [1.54, 1.807) is 0 Å². The maximum atomic E-state index is 5.57. The van der Waals surface area contributed by atoms with Gasteiger partial charge in [0.15, 0.2) is 5.82 Å². The van der Waals surface area contributed by atoms with Gasteiger partial charge in [-0.05, 0) is 12.8 Å². The molecule has 1 unspecified atom stereocenters. The van der Waals surface area contributed by atoms with Gasteiger partial charge in [0.25, 0.3) is 0 Å². The average Bonchev–Trinajstić information content (AvgIpc) is 3.03. The summed E-state index contributed by atoms with van der Waals surface area (Å²) in [5, 5.41) is 7.38. The average molecular weight is 252 g/mol. The van der Waals surface area contributed by atoms with Crippen LogP contribution in [-0.4, -0.2) is 53.9 Å². The first-order valence-corrected chi connectivity index (χ1v) is 6.76. The maximum Gasteiger partial charge on any atom is 0.229 e. The Morgan fingerprint density at radius 3 is 3.00 bits per heavy atom. The Labute approximate surface area is 107 Å². The second kappa shape index (κ2) is 5.77.